The first-order valence-electron chi connectivity index (χ1n) is 5.81. The van der Waals surface area contributed by atoms with Crippen molar-refractivity contribution >= 4 is 0 Å². The van der Waals surface area contributed by atoms with E-state index in [-0.39, 0.29) is 18.2 Å². The Morgan fingerprint density at radius 2 is 1.88 bits per heavy atom. The van der Waals surface area contributed by atoms with Gasteiger partial charge in [-0.2, -0.15) is 0 Å². The minimum Gasteiger partial charge on any atom is -0.454 e. The molecule has 0 fully saturated rings. The Hall–Kier alpha value is -1.26. The molecule has 0 aromatic heterocycles. The minimum atomic E-state index is -0.140. The minimum absolute atomic E-state index is 0.109. The predicted molar refractivity (Wildman–Crippen MR) is 67.1 cm³/mol. The lowest BCUT2D eigenvalue weighted by molar-refractivity contribution is 0.174. The Morgan fingerprint density at radius 3 is 2.47 bits per heavy atom. The molecular weight excluding hydrogens is 216 g/mol. The van der Waals surface area contributed by atoms with E-state index in [2.05, 4.69) is 13.8 Å². The van der Waals surface area contributed by atoms with Gasteiger partial charge < -0.3 is 20.9 Å². The van der Waals surface area contributed by atoms with Gasteiger partial charge in [-0.15, -0.1) is 0 Å². The number of hydrogen-bond acceptors (Lipinski definition) is 4. The molecule has 1 aliphatic rings. The Kier molecular flexibility index (Phi) is 3.02. The molecule has 1 heterocycles. The lowest BCUT2D eigenvalue weighted by Gasteiger charge is -2.31. The standard InChI is InChI=1S/C13H20N2O2/c1-8-4-10-11(17-7-16-10)5-9(8)12(15)13(2,3)6-14/h4-5,12H,6-7,14-15H2,1-3H3. The maximum absolute atomic E-state index is 6.30. The molecule has 0 amide bonds. The third kappa shape index (κ3) is 2.10. The molecule has 1 unspecified atom stereocenters. The number of hydrogen-bond donors (Lipinski definition) is 2. The lowest BCUT2D eigenvalue weighted by atomic mass is 9.79. The summed E-state index contributed by atoms with van der Waals surface area (Å²) in [6.45, 7) is 7.00. The fraction of sp³-hybridized carbons (Fsp3) is 0.538. The molecule has 1 aromatic carbocycles. The van der Waals surface area contributed by atoms with Crippen LogP contribution in [0.1, 0.15) is 31.0 Å². The van der Waals surface area contributed by atoms with Crippen LogP contribution in [-0.4, -0.2) is 13.3 Å². The van der Waals surface area contributed by atoms with Crippen molar-refractivity contribution < 1.29 is 9.47 Å². The van der Waals surface area contributed by atoms with E-state index in [0.29, 0.717) is 6.54 Å². The predicted octanol–water partition coefficient (Wildman–Crippen LogP) is 1.71. The first-order chi connectivity index (χ1) is 7.95. The molecule has 0 radical (unpaired) electrons. The highest BCUT2D eigenvalue weighted by atomic mass is 16.7. The number of rotatable bonds is 3. The summed E-state index contributed by atoms with van der Waals surface area (Å²) >= 11 is 0. The van der Waals surface area contributed by atoms with Gasteiger partial charge in [0.05, 0.1) is 0 Å². The Balaban J connectivity index is 2.39. The molecule has 17 heavy (non-hydrogen) atoms. The highest BCUT2D eigenvalue weighted by Gasteiger charge is 2.29. The van der Waals surface area contributed by atoms with E-state index in [9.17, 15) is 0 Å². The van der Waals surface area contributed by atoms with Crippen LogP contribution in [0.2, 0.25) is 0 Å². The van der Waals surface area contributed by atoms with Gasteiger partial charge in [-0.3, -0.25) is 0 Å². The zero-order valence-corrected chi connectivity index (χ0v) is 10.6. The van der Waals surface area contributed by atoms with Crippen LogP contribution >= 0.6 is 0 Å². The average Bonchev–Trinajstić information content (AvgIpc) is 2.73. The topological polar surface area (TPSA) is 70.5 Å². The van der Waals surface area contributed by atoms with Gasteiger partial charge in [-0.1, -0.05) is 13.8 Å². The summed E-state index contributed by atoms with van der Waals surface area (Å²) in [4.78, 5) is 0. The molecule has 0 aliphatic carbocycles. The molecule has 1 aromatic rings. The molecule has 4 nitrogen and oxygen atoms in total. The van der Waals surface area contributed by atoms with Gasteiger partial charge in [0.25, 0.3) is 0 Å². The quantitative estimate of drug-likeness (QED) is 0.838. The first-order valence-corrected chi connectivity index (χ1v) is 5.81. The molecular formula is C13H20N2O2. The van der Waals surface area contributed by atoms with Gasteiger partial charge in [-0.25, -0.2) is 0 Å². The van der Waals surface area contributed by atoms with Gasteiger partial charge >= 0.3 is 0 Å². The largest absolute Gasteiger partial charge is 0.454 e. The van der Waals surface area contributed by atoms with Gasteiger partial charge in [0.1, 0.15) is 0 Å². The van der Waals surface area contributed by atoms with Crippen molar-refractivity contribution in [2.45, 2.75) is 26.8 Å². The highest BCUT2D eigenvalue weighted by Crippen LogP contribution is 2.39. The summed E-state index contributed by atoms with van der Waals surface area (Å²) < 4.78 is 10.7. The molecule has 2 rings (SSSR count). The second kappa shape index (κ2) is 4.20. The first kappa shape index (κ1) is 12.2. The van der Waals surface area contributed by atoms with Crippen LogP contribution in [0.4, 0.5) is 0 Å². The van der Waals surface area contributed by atoms with Crippen LogP contribution in [-0.2, 0) is 0 Å². The van der Waals surface area contributed by atoms with Crippen LogP contribution in [0, 0.1) is 12.3 Å². The number of benzene rings is 1. The molecule has 1 atom stereocenters. The molecule has 0 bridgehead atoms. The Morgan fingerprint density at radius 1 is 1.29 bits per heavy atom. The normalized spacial score (nSPS) is 16.1. The maximum Gasteiger partial charge on any atom is 0.231 e. The third-order valence-corrected chi connectivity index (χ3v) is 3.46. The molecule has 0 saturated carbocycles. The summed E-state index contributed by atoms with van der Waals surface area (Å²) in [6, 6.07) is 3.84. The summed E-state index contributed by atoms with van der Waals surface area (Å²) in [5.74, 6) is 1.57. The molecule has 1 aliphatic heterocycles. The SMILES string of the molecule is Cc1cc2c(cc1C(N)C(C)(C)CN)OCO2. The van der Waals surface area contributed by atoms with Crippen LogP contribution in [0.5, 0.6) is 11.5 Å². The maximum atomic E-state index is 6.30. The molecule has 0 spiro atoms. The van der Waals surface area contributed by atoms with Crippen LogP contribution in [0.15, 0.2) is 12.1 Å². The van der Waals surface area contributed by atoms with Crippen LogP contribution in [0.3, 0.4) is 0 Å². The van der Waals surface area contributed by atoms with Gasteiger partial charge in [0, 0.05) is 6.04 Å². The van der Waals surface area contributed by atoms with E-state index in [4.69, 9.17) is 20.9 Å². The monoisotopic (exact) mass is 236 g/mol. The number of aryl methyl sites for hydroxylation is 1. The smallest absolute Gasteiger partial charge is 0.231 e. The number of nitrogens with two attached hydrogens (primary N) is 2. The summed E-state index contributed by atoms with van der Waals surface area (Å²) in [7, 11) is 0. The van der Waals surface area contributed by atoms with Crippen LogP contribution < -0.4 is 20.9 Å². The molecule has 4 N–H and O–H groups in total. The second-order valence-electron chi connectivity index (χ2n) is 5.23. The summed E-state index contributed by atoms with van der Waals surface area (Å²) in [5, 5.41) is 0. The van der Waals surface area contributed by atoms with Crippen molar-refractivity contribution in [3.63, 3.8) is 0 Å². The van der Waals surface area contributed by atoms with E-state index < -0.39 is 0 Å². The Labute approximate surface area is 102 Å². The third-order valence-electron chi connectivity index (χ3n) is 3.46. The van der Waals surface area contributed by atoms with E-state index in [0.717, 1.165) is 22.6 Å². The van der Waals surface area contributed by atoms with E-state index in [1.807, 2.05) is 19.1 Å². The average molecular weight is 236 g/mol. The zero-order chi connectivity index (χ0) is 12.6. The fourth-order valence-corrected chi connectivity index (χ4v) is 1.94. The van der Waals surface area contributed by atoms with E-state index in [1.54, 1.807) is 0 Å². The Bertz CT molecular complexity index is 430. The number of ether oxygens (including phenoxy) is 2. The highest BCUT2D eigenvalue weighted by molar-refractivity contribution is 5.49. The van der Waals surface area contributed by atoms with Crippen molar-refractivity contribution in [3.8, 4) is 11.5 Å². The van der Waals surface area contributed by atoms with Crippen molar-refractivity contribution in [3.05, 3.63) is 23.3 Å². The van der Waals surface area contributed by atoms with Crippen molar-refractivity contribution in [2.24, 2.45) is 16.9 Å². The van der Waals surface area contributed by atoms with E-state index >= 15 is 0 Å². The van der Waals surface area contributed by atoms with Crippen LogP contribution in [0.25, 0.3) is 0 Å². The zero-order valence-electron chi connectivity index (χ0n) is 10.6. The van der Waals surface area contributed by atoms with Crippen molar-refractivity contribution in [1.82, 2.24) is 0 Å². The molecule has 94 valence electrons. The van der Waals surface area contributed by atoms with Crippen molar-refractivity contribution in [1.29, 1.82) is 0 Å². The fourth-order valence-electron chi connectivity index (χ4n) is 1.94. The number of fused-ring (bicyclic) bond motifs is 1. The van der Waals surface area contributed by atoms with Crippen molar-refractivity contribution in [2.75, 3.05) is 13.3 Å². The van der Waals surface area contributed by atoms with Gasteiger partial charge in [0.2, 0.25) is 6.79 Å². The van der Waals surface area contributed by atoms with Gasteiger partial charge in [0.15, 0.2) is 11.5 Å². The summed E-state index contributed by atoms with van der Waals surface area (Å²) in [6.07, 6.45) is 0. The second-order valence-corrected chi connectivity index (χ2v) is 5.23. The lowest BCUT2D eigenvalue weighted by Crippen LogP contribution is -2.36. The molecule has 0 saturated heterocycles. The van der Waals surface area contributed by atoms with E-state index in [1.165, 1.54) is 0 Å². The molecule has 4 heteroatoms. The summed E-state index contributed by atoms with van der Waals surface area (Å²) in [5.41, 5.74) is 14.1. The van der Waals surface area contributed by atoms with Gasteiger partial charge in [-0.05, 0) is 42.1 Å².